The molecule has 0 radical (unpaired) electrons. The van der Waals surface area contributed by atoms with Crippen LogP contribution in [0, 0.1) is 0 Å². The molecule has 0 aliphatic carbocycles. The van der Waals surface area contributed by atoms with Gasteiger partial charge in [0.25, 0.3) is 0 Å². The van der Waals surface area contributed by atoms with Gasteiger partial charge in [0.2, 0.25) is 0 Å². The lowest BCUT2D eigenvalue weighted by molar-refractivity contribution is 1.65. The Bertz CT molecular complexity index is 1390. The molecular weight excluding hydrogens is 360 g/mol. The highest BCUT2D eigenvalue weighted by molar-refractivity contribution is 6.31. The van der Waals surface area contributed by atoms with Crippen molar-refractivity contribution in [3.8, 4) is 22.3 Å². The molecule has 6 aromatic carbocycles. The minimum Gasteiger partial charge on any atom is -0.0622 e. The van der Waals surface area contributed by atoms with Gasteiger partial charge in [-0.05, 0) is 54.6 Å². The second-order valence-corrected chi connectivity index (χ2v) is 7.73. The summed E-state index contributed by atoms with van der Waals surface area (Å²) in [5.74, 6) is 0. The normalized spacial score (nSPS) is 11.3. The highest BCUT2D eigenvalue weighted by Gasteiger charge is 2.15. The Morgan fingerprint density at radius 3 is 1.07 bits per heavy atom. The van der Waals surface area contributed by atoms with E-state index < -0.39 is 0 Å². The van der Waals surface area contributed by atoms with E-state index in [1.807, 2.05) is 0 Å². The van der Waals surface area contributed by atoms with Crippen molar-refractivity contribution in [2.24, 2.45) is 0 Å². The number of hydrogen-bond acceptors (Lipinski definition) is 0. The van der Waals surface area contributed by atoms with Crippen molar-refractivity contribution < 1.29 is 0 Å². The van der Waals surface area contributed by atoms with E-state index in [0.717, 1.165) is 0 Å². The van der Waals surface area contributed by atoms with Crippen LogP contribution in [0.4, 0.5) is 0 Å². The van der Waals surface area contributed by atoms with Gasteiger partial charge in [0.1, 0.15) is 0 Å². The highest BCUT2D eigenvalue weighted by atomic mass is 14.2. The third-order valence-electron chi connectivity index (χ3n) is 6.06. The summed E-state index contributed by atoms with van der Waals surface area (Å²) in [6.45, 7) is 0. The first-order chi connectivity index (χ1) is 14.9. The summed E-state index contributed by atoms with van der Waals surface area (Å²) in [7, 11) is 0. The molecule has 0 saturated carbocycles. The van der Waals surface area contributed by atoms with Gasteiger partial charge in [-0.25, -0.2) is 0 Å². The molecule has 140 valence electrons. The van der Waals surface area contributed by atoms with Crippen molar-refractivity contribution in [3.63, 3.8) is 0 Å². The van der Waals surface area contributed by atoms with Crippen LogP contribution >= 0.6 is 0 Å². The second-order valence-electron chi connectivity index (χ2n) is 7.73. The quantitative estimate of drug-likeness (QED) is 0.264. The van der Waals surface area contributed by atoms with E-state index in [9.17, 15) is 0 Å². The molecule has 0 aliphatic rings. The van der Waals surface area contributed by atoms with E-state index in [0.29, 0.717) is 0 Å². The largest absolute Gasteiger partial charge is 0.0622 e. The molecule has 6 rings (SSSR count). The zero-order valence-corrected chi connectivity index (χ0v) is 16.5. The Morgan fingerprint density at radius 1 is 0.267 bits per heavy atom. The van der Waals surface area contributed by atoms with Gasteiger partial charge < -0.3 is 0 Å². The molecule has 0 unspecified atom stereocenters. The van der Waals surface area contributed by atoms with Crippen molar-refractivity contribution >= 4 is 32.3 Å². The molecule has 0 saturated heterocycles. The maximum atomic E-state index is 2.27. The molecule has 0 heterocycles. The van der Waals surface area contributed by atoms with Crippen LogP contribution < -0.4 is 0 Å². The summed E-state index contributed by atoms with van der Waals surface area (Å²) in [4.78, 5) is 0. The molecule has 0 fully saturated rings. The van der Waals surface area contributed by atoms with Crippen molar-refractivity contribution in [1.82, 2.24) is 0 Å². The lowest BCUT2D eigenvalue weighted by Gasteiger charge is -2.17. The van der Waals surface area contributed by atoms with Crippen LogP contribution in [0.15, 0.2) is 121 Å². The van der Waals surface area contributed by atoms with E-state index >= 15 is 0 Å². The Kier molecular flexibility index (Phi) is 3.89. The summed E-state index contributed by atoms with van der Waals surface area (Å²) in [5.41, 5.74) is 5.07. The maximum absolute atomic E-state index is 2.27. The Morgan fingerprint density at radius 2 is 0.633 bits per heavy atom. The van der Waals surface area contributed by atoms with Gasteiger partial charge in [0.15, 0.2) is 0 Å². The number of fused-ring (bicyclic) bond motifs is 6. The maximum Gasteiger partial charge on any atom is -0.00141 e. The van der Waals surface area contributed by atoms with Crippen LogP contribution in [-0.4, -0.2) is 0 Å². The van der Waals surface area contributed by atoms with Crippen molar-refractivity contribution in [2.75, 3.05) is 0 Å². The Labute approximate surface area is 176 Å². The van der Waals surface area contributed by atoms with Crippen LogP contribution in [0.5, 0.6) is 0 Å². The smallest absolute Gasteiger partial charge is 0.00141 e. The lowest BCUT2D eigenvalue weighted by atomic mass is 9.86. The SMILES string of the molecule is c1ccc(-c2cccc3c4ccccc4c4cccc(-c5ccccc5)c4c23)cc1. The van der Waals surface area contributed by atoms with Gasteiger partial charge in [-0.2, -0.15) is 0 Å². The minimum absolute atomic E-state index is 1.25. The Balaban J connectivity index is 1.91. The fourth-order valence-electron chi connectivity index (χ4n) is 4.76. The van der Waals surface area contributed by atoms with E-state index in [4.69, 9.17) is 0 Å². The number of rotatable bonds is 2. The predicted octanol–water partition coefficient (Wildman–Crippen LogP) is 8.48. The fraction of sp³-hybridized carbons (Fsp3) is 0. The summed E-state index contributed by atoms with van der Waals surface area (Å²) < 4.78 is 0. The van der Waals surface area contributed by atoms with Gasteiger partial charge in [-0.1, -0.05) is 121 Å². The van der Waals surface area contributed by atoms with E-state index in [-0.39, 0.29) is 0 Å². The van der Waals surface area contributed by atoms with Gasteiger partial charge >= 0.3 is 0 Å². The first-order valence-corrected chi connectivity index (χ1v) is 10.4. The molecule has 0 nitrogen and oxygen atoms in total. The summed E-state index contributed by atoms with van der Waals surface area (Å²) in [5, 5.41) is 7.89. The summed E-state index contributed by atoms with van der Waals surface area (Å²) >= 11 is 0. The van der Waals surface area contributed by atoms with Crippen molar-refractivity contribution in [2.45, 2.75) is 0 Å². The molecule has 0 N–H and O–H groups in total. The van der Waals surface area contributed by atoms with Gasteiger partial charge in [-0.15, -0.1) is 0 Å². The molecule has 30 heavy (non-hydrogen) atoms. The van der Waals surface area contributed by atoms with Gasteiger partial charge in [0.05, 0.1) is 0 Å². The average molecular weight is 380 g/mol. The van der Waals surface area contributed by atoms with Gasteiger partial charge in [-0.3, -0.25) is 0 Å². The van der Waals surface area contributed by atoms with E-state index in [2.05, 4.69) is 121 Å². The molecule has 6 aromatic rings. The zero-order chi connectivity index (χ0) is 19.9. The van der Waals surface area contributed by atoms with E-state index in [1.54, 1.807) is 0 Å². The third kappa shape index (κ3) is 2.54. The molecule has 0 bridgehead atoms. The van der Waals surface area contributed by atoms with E-state index in [1.165, 1.54) is 54.6 Å². The first-order valence-electron chi connectivity index (χ1n) is 10.4. The first kappa shape index (κ1) is 17.0. The molecule has 0 aromatic heterocycles. The molecule has 0 aliphatic heterocycles. The predicted molar refractivity (Wildman–Crippen MR) is 130 cm³/mol. The topological polar surface area (TPSA) is 0 Å². The summed E-state index contributed by atoms with van der Waals surface area (Å²) in [6, 6.07) is 43.7. The summed E-state index contributed by atoms with van der Waals surface area (Å²) in [6.07, 6.45) is 0. The Hall–Kier alpha value is -3.90. The molecule has 0 spiro atoms. The average Bonchev–Trinajstić information content (AvgIpc) is 2.84. The number of hydrogen-bond donors (Lipinski definition) is 0. The van der Waals surface area contributed by atoms with Crippen LogP contribution in [0.25, 0.3) is 54.6 Å². The lowest BCUT2D eigenvalue weighted by Crippen LogP contribution is -1.89. The molecular formula is C30H20. The second kappa shape index (κ2) is 6.86. The molecule has 0 heteroatoms. The monoisotopic (exact) mass is 380 g/mol. The van der Waals surface area contributed by atoms with Crippen molar-refractivity contribution in [1.29, 1.82) is 0 Å². The zero-order valence-electron chi connectivity index (χ0n) is 16.5. The minimum atomic E-state index is 1.25. The molecule has 0 amide bonds. The van der Waals surface area contributed by atoms with Gasteiger partial charge in [0, 0.05) is 0 Å². The highest BCUT2D eigenvalue weighted by Crippen LogP contribution is 2.43. The van der Waals surface area contributed by atoms with Crippen LogP contribution in [-0.2, 0) is 0 Å². The third-order valence-corrected chi connectivity index (χ3v) is 6.06. The van der Waals surface area contributed by atoms with Crippen LogP contribution in [0.2, 0.25) is 0 Å². The van der Waals surface area contributed by atoms with Crippen LogP contribution in [0.1, 0.15) is 0 Å². The fourth-order valence-corrected chi connectivity index (χ4v) is 4.76. The van der Waals surface area contributed by atoms with Crippen molar-refractivity contribution in [3.05, 3.63) is 121 Å². The number of benzene rings is 6. The van der Waals surface area contributed by atoms with Crippen LogP contribution in [0.3, 0.4) is 0 Å². The standard InChI is InChI=1S/C30H20/c1-3-11-21(12-4-1)23-17-9-19-27-25-15-7-8-16-26(25)28-20-10-18-24(30(28)29(23)27)22-13-5-2-6-14-22/h1-20H. The molecule has 0 atom stereocenters.